The number of hydrogen-bond donors (Lipinski definition) is 0. The number of benzene rings is 1. The van der Waals surface area contributed by atoms with Gasteiger partial charge in [-0.25, -0.2) is 0 Å². The summed E-state index contributed by atoms with van der Waals surface area (Å²) in [6.07, 6.45) is 1.77. The highest BCUT2D eigenvalue weighted by Crippen LogP contribution is 2.33. The molecule has 0 saturated carbocycles. The Morgan fingerprint density at radius 2 is 2.14 bits per heavy atom. The lowest BCUT2D eigenvalue weighted by Crippen LogP contribution is -2.42. The van der Waals surface area contributed by atoms with Gasteiger partial charge < -0.3 is 4.90 Å². The van der Waals surface area contributed by atoms with Crippen molar-refractivity contribution >= 4 is 63.5 Å². The van der Waals surface area contributed by atoms with Crippen molar-refractivity contribution < 1.29 is 14.4 Å². The molecule has 1 aliphatic rings. The zero-order valence-corrected chi connectivity index (χ0v) is 17.8. The van der Waals surface area contributed by atoms with Crippen LogP contribution in [0.2, 0.25) is 5.02 Å². The molecule has 0 spiro atoms. The van der Waals surface area contributed by atoms with Gasteiger partial charge in [0.15, 0.2) is 0 Å². The van der Waals surface area contributed by atoms with Crippen LogP contribution in [0.15, 0.2) is 40.6 Å². The van der Waals surface area contributed by atoms with Crippen molar-refractivity contribution in [2.75, 3.05) is 18.0 Å². The number of thioether (sulfide) groups is 1. The molecule has 0 N–H and O–H groups in total. The monoisotopic (exact) mass is 445 g/mol. The Bertz CT molecular complexity index is 1030. The number of thiophene rings is 1. The van der Waals surface area contributed by atoms with Crippen LogP contribution in [0.25, 0.3) is 6.08 Å². The molecular formula is C20H16ClN3O3S2. The Labute approximate surface area is 181 Å². The molecule has 1 saturated heterocycles. The summed E-state index contributed by atoms with van der Waals surface area (Å²) in [6.45, 7) is 1.57. The van der Waals surface area contributed by atoms with E-state index < -0.39 is 17.1 Å². The Morgan fingerprint density at radius 1 is 1.34 bits per heavy atom. The van der Waals surface area contributed by atoms with Crippen LogP contribution in [0.5, 0.6) is 0 Å². The van der Waals surface area contributed by atoms with E-state index in [0.29, 0.717) is 10.7 Å². The van der Waals surface area contributed by atoms with Crippen LogP contribution in [0.3, 0.4) is 0 Å². The van der Waals surface area contributed by atoms with E-state index in [1.54, 1.807) is 24.3 Å². The molecule has 29 heavy (non-hydrogen) atoms. The summed E-state index contributed by atoms with van der Waals surface area (Å²) < 4.78 is 0. The first-order chi connectivity index (χ1) is 13.9. The lowest BCUT2D eigenvalue weighted by atomic mass is 10.2. The first kappa shape index (κ1) is 21.1. The number of anilines is 1. The molecule has 0 aliphatic carbocycles. The first-order valence-electron chi connectivity index (χ1n) is 8.63. The van der Waals surface area contributed by atoms with Gasteiger partial charge in [0.2, 0.25) is 5.91 Å². The molecule has 148 valence electrons. The van der Waals surface area contributed by atoms with Gasteiger partial charge in [0.25, 0.3) is 11.1 Å². The maximum atomic E-state index is 12.9. The van der Waals surface area contributed by atoms with E-state index in [2.05, 4.69) is 0 Å². The Kier molecular flexibility index (Phi) is 6.75. The smallest absolute Gasteiger partial charge is 0.294 e. The second-order valence-electron chi connectivity index (χ2n) is 6.17. The molecule has 0 unspecified atom stereocenters. The van der Waals surface area contributed by atoms with Crippen molar-refractivity contribution in [2.24, 2.45) is 0 Å². The SMILES string of the molecule is Cc1cc(N(CCC#N)C(=O)CN2C(=O)S/C(=C\c3cccs3)C2=O)ccc1Cl. The van der Waals surface area contributed by atoms with E-state index in [9.17, 15) is 14.4 Å². The first-order valence-corrected chi connectivity index (χ1v) is 10.7. The van der Waals surface area contributed by atoms with Crippen LogP contribution in [0, 0.1) is 18.3 Å². The molecule has 1 fully saturated rings. The maximum Gasteiger partial charge on any atom is 0.294 e. The average Bonchev–Trinajstić information content (AvgIpc) is 3.29. The summed E-state index contributed by atoms with van der Waals surface area (Å²) in [7, 11) is 0. The van der Waals surface area contributed by atoms with Crippen LogP contribution < -0.4 is 4.90 Å². The van der Waals surface area contributed by atoms with Crippen LogP contribution >= 0.6 is 34.7 Å². The summed E-state index contributed by atoms with van der Waals surface area (Å²) in [4.78, 5) is 41.4. The average molecular weight is 446 g/mol. The summed E-state index contributed by atoms with van der Waals surface area (Å²) in [5, 5.41) is 10.9. The standard InChI is InChI=1S/C20H16ClN3O3S2/c1-13-10-14(5-6-16(13)21)23(8-3-7-22)18(25)12-24-19(26)17(29-20(24)27)11-15-4-2-9-28-15/h2,4-6,9-11H,3,8,12H2,1H3/b17-11-. The largest absolute Gasteiger partial charge is 0.310 e. The molecule has 0 bridgehead atoms. The Hall–Kier alpha value is -2.60. The van der Waals surface area contributed by atoms with Crippen molar-refractivity contribution in [3.05, 3.63) is 56.1 Å². The van der Waals surface area contributed by atoms with Crippen molar-refractivity contribution in [1.82, 2.24) is 4.90 Å². The molecule has 6 nitrogen and oxygen atoms in total. The van der Waals surface area contributed by atoms with Gasteiger partial charge in [0.1, 0.15) is 6.54 Å². The zero-order valence-electron chi connectivity index (χ0n) is 15.4. The van der Waals surface area contributed by atoms with Gasteiger partial charge in [-0.15, -0.1) is 11.3 Å². The molecule has 0 radical (unpaired) electrons. The predicted octanol–water partition coefficient (Wildman–Crippen LogP) is 4.69. The Balaban J connectivity index is 1.80. The highest BCUT2D eigenvalue weighted by molar-refractivity contribution is 8.18. The molecule has 2 aromatic rings. The van der Waals surface area contributed by atoms with Gasteiger partial charge in [-0.2, -0.15) is 5.26 Å². The van der Waals surface area contributed by atoms with Crippen LogP contribution in [-0.4, -0.2) is 35.0 Å². The topological polar surface area (TPSA) is 81.5 Å². The molecular weight excluding hydrogens is 430 g/mol. The van der Waals surface area contributed by atoms with E-state index in [-0.39, 0.29) is 24.4 Å². The molecule has 1 aromatic heterocycles. The molecule has 2 heterocycles. The highest BCUT2D eigenvalue weighted by atomic mass is 35.5. The number of aryl methyl sites for hydroxylation is 1. The number of nitrogens with zero attached hydrogens (tertiary/aromatic N) is 3. The number of rotatable bonds is 6. The number of amides is 3. The zero-order chi connectivity index (χ0) is 21.0. The lowest BCUT2D eigenvalue weighted by molar-refractivity contribution is -0.128. The molecule has 3 amide bonds. The normalized spacial score (nSPS) is 15.1. The van der Waals surface area contributed by atoms with E-state index in [4.69, 9.17) is 16.9 Å². The molecule has 1 aliphatic heterocycles. The summed E-state index contributed by atoms with van der Waals surface area (Å²) in [5.41, 5.74) is 1.34. The van der Waals surface area contributed by atoms with E-state index in [1.165, 1.54) is 16.2 Å². The van der Waals surface area contributed by atoms with Crippen LogP contribution in [-0.2, 0) is 9.59 Å². The minimum absolute atomic E-state index is 0.119. The van der Waals surface area contributed by atoms with Gasteiger partial charge in [-0.3, -0.25) is 19.3 Å². The summed E-state index contributed by atoms with van der Waals surface area (Å²) in [5.74, 6) is -0.934. The van der Waals surface area contributed by atoms with Crippen LogP contribution in [0.1, 0.15) is 16.9 Å². The van der Waals surface area contributed by atoms with Crippen molar-refractivity contribution in [3.8, 4) is 6.07 Å². The van der Waals surface area contributed by atoms with E-state index in [1.807, 2.05) is 30.5 Å². The third-order valence-corrected chi connectivity index (χ3v) is 6.34. The molecule has 3 rings (SSSR count). The second-order valence-corrected chi connectivity index (χ2v) is 8.55. The van der Waals surface area contributed by atoms with Crippen molar-refractivity contribution in [2.45, 2.75) is 13.3 Å². The minimum Gasteiger partial charge on any atom is -0.310 e. The Morgan fingerprint density at radius 3 is 2.79 bits per heavy atom. The van der Waals surface area contributed by atoms with Crippen molar-refractivity contribution in [3.63, 3.8) is 0 Å². The number of hydrogen-bond acceptors (Lipinski definition) is 6. The minimum atomic E-state index is -0.491. The second kappa shape index (κ2) is 9.27. The summed E-state index contributed by atoms with van der Waals surface area (Å²) >= 11 is 8.33. The fourth-order valence-corrected chi connectivity index (χ4v) is 4.39. The quantitative estimate of drug-likeness (QED) is 0.602. The molecule has 0 atom stereocenters. The number of carbonyl (C=O) groups excluding carboxylic acids is 3. The molecule has 1 aromatic carbocycles. The van der Waals surface area contributed by atoms with Gasteiger partial charge in [0, 0.05) is 22.1 Å². The number of imide groups is 1. The fraction of sp³-hybridized carbons (Fsp3) is 0.200. The van der Waals surface area contributed by atoms with E-state index in [0.717, 1.165) is 27.1 Å². The van der Waals surface area contributed by atoms with Crippen molar-refractivity contribution in [1.29, 1.82) is 5.26 Å². The van der Waals surface area contributed by atoms with Gasteiger partial charge in [-0.05, 0) is 60.0 Å². The number of nitriles is 1. The number of carbonyl (C=O) groups is 3. The third kappa shape index (κ3) is 4.88. The maximum absolute atomic E-state index is 12.9. The summed E-state index contributed by atoms with van der Waals surface area (Å²) in [6, 6.07) is 10.8. The molecule has 9 heteroatoms. The lowest BCUT2D eigenvalue weighted by Gasteiger charge is -2.24. The van der Waals surface area contributed by atoms with Crippen LogP contribution in [0.4, 0.5) is 10.5 Å². The number of halogens is 1. The highest BCUT2D eigenvalue weighted by Gasteiger charge is 2.37. The van der Waals surface area contributed by atoms with Gasteiger partial charge in [0.05, 0.1) is 17.4 Å². The fourth-order valence-electron chi connectivity index (χ4n) is 2.72. The van der Waals surface area contributed by atoms with E-state index >= 15 is 0 Å². The van der Waals surface area contributed by atoms with Gasteiger partial charge in [-0.1, -0.05) is 17.7 Å². The predicted molar refractivity (Wildman–Crippen MR) is 116 cm³/mol. The van der Waals surface area contributed by atoms with Gasteiger partial charge >= 0.3 is 0 Å². The third-order valence-electron chi connectivity index (χ3n) is 4.18.